The first kappa shape index (κ1) is 18.3. The molecule has 0 aliphatic carbocycles. The Morgan fingerprint density at radius 1 is 1.29 bits per heavy atom. The topological polar surface area (TPSA) is 88.4 Å². The normalized spacial score (nSPS) is 19.3. The number of pyridine rings is 1. The Labute approximate surface area is 162 Å². The molecule has 0 unspecified atom stereocenters. The average molecular weight is 381 g/mol. The van der Waals surface area contributed by atoms with Gasteiger partial charge >= 0.3 is 5.97 Å². The standard InChI is InChI=1S/C21H23N3O4/c1-4-27-20(26)18-16(25)9-10-22-19(18)14-7-8-15-17(11-14)28-21(23-15)24-12(2)5-6-13(24)3/h7-13H,4-6H2,1-3H3,(H,22,25)/t12-,13+. The predicted molar refractivity (Wildman–Crippen MR) is 107 cm³/mol. The zero-order chi connectivity index (χ0) is 19.8. The smallest absolute Gasteiger partial charge is 0.344 e. The summed E-state index contributed by atoms with van der Waals surface area (Å²) in [4.78, 5) is 34.4. The van der Waals surface area contributed by atoms with E-state index in [0.29, 0.717) is 34.9 Å². The molecule has 0 bridgehead atoms. The first-order chi connectivity index (χ1) is 13.5. The Bertz CT molecular complexity index is 1070. The molecule has 28 heavy (non-hydrogen) atoms. The number of benzene rings is 1. The molecule has 1 aliphatic heterocycles. The second kappa shape index (κ2) is 7.14. The van der Waals surface area contributed by atoms with Crippen molar-refractivity contribution in [2.45, 2.75) is 45.7 Å². The van der Waals surface area contributed by atoms with Crippen LogP contribution in [0.4, 0.5) is 6.01 Å². The Balaban J connectivity index is 1.78. The van der Waals surface area contributed by atoms with Crippen molar-refractivity contribution in [1.82, 2.24) is 9.97 Å². The number of anilines is 1. The van der Waals surface area contributed by atoms with Gasteiger partial charge < -0.3 is 19.0 Å². The fourth-order valence-corrected chi connectivity index (χ4v) is 3.86. The molecule has 4 rings (SSSR count). The lowest BCUT2D eigenvalue weighted by Crippen LogP contribution is -2.32. The van der Waals surface area contributed by atoms with E-state index in [-0.39, 0.29) is 17.6 Å². The Morgan fingerprint density at radius 3 is 2.75 bits per heavy atom. The SMILES string of the molecule is CCOC(=O)c1c(-c2ccc3nc(N4[C@H](C)CC[C@@H]4C)oc3c2)[nH]ccc1=O. The van der Waals surface area contributed by atoms with Gasteiger partial charge in [0.15, 0.2) is 11.0 Å². The van der Waals surface area contributed by atoms with Gasteiger partial charge in [0.2, 0.25) is 0 Å². The average Bonchev–Trinajstić information content (AvgIpc) is 3.23. The molecule has 7 nitrogen and oxygen atoms in total. The number of ether oxygens (including phenoxy) is 1. The number of aromatic amines is 1. The molecule has 3 aromatic rings. The highest BCUT2D eigenvalue weighted by Crippen LogP contribution is 2.33. The third-order valence-corrected chi connectivity index (χ3v) is 5.28. The summed E-state index contributed by atoms with van der Waals surface area (Å²) in [7, 11) is 0. The van der Waals surface area contributed by atoms with Crippen molar-refractivity contribution in [3.05, 3.63) is 46.2 Å². The molecule has 3 heterocycles. The van der Waals surface area contributed by atoms with Crippen LogP contribution >= 0.6 is 0 Å². The summed E-state index contributed by atoms with van der Waals surface area (Å²) < 4.78 is 11.1. The van der Waals surface area contributed by atoms with Crippen molar-refractivity contribution in [2.75, 3.05) is 11.5 Å². The molecule has 1 aromatic carbocycles. The Kier molecular flexibility index (Phi) is 4.66. The predicted octanol–water partition coefficient (Wildman–Crippen LogP) is 3.74. The van der Waals surface area contributed by atoms with Crippen molar-refractivity contribution in [1.29, 1.82) is 0 Å². The first-order valence-electron chi connectivity index (χ1n) is 9.57. The fraction of sp³-hybridized carbons (Fsp3) is 0.381. The number of carbonyl (C=O) groups is 1. The third-order valence-electron chi connectivity index (χ3n) is 5.28. The minimum atomic E-state index is -0.641. The summed E-state index contributed by atoms with van der Waals surface area (Å²) in [6.07, 6.45) is 3.74. The minimum absolute atomic E-state index is 0.00905. The molecule has 0 amide bonds. The number of rotatable bonds is 4. The summed E-state index contributed by atoms with van der Waals surface area (Å²) in [5.41, 5.74) is 2.03. The van der Waals surface area contributed by atoms with Crippen LogP contribution in [-0.2, 0) is 4.74 Å². The Hall–Kier alpha value is -3.09. The van der Waals surface area contributed by atoms with Crippen LogP contribution in [0.5, 0.6) is 0 Å². The van der Waals surface area contributed by atoms with Crippen molar-refractivity contribution in [3.63, 3.8) is 0 Å². The van der Waals surface area contributed by atoms with Gasteiger partial charge in [-0.2, -0.15) is 4.98 Å². The van der Waals surface area contributed by atoms with E-state index in [4.69, 9.17) is 9.15 Å². The van der Waals surface area contributed by atoms with Gasteiger partial charge in [-0.05, 0) is 45.7 Å². The van der Waals surface area contributed by atoms with Gasteiger partial charge in [-0.3, -0.25) is 4.79 Å². The van der Waals surface area contributed by atoms with E-state index in [1.807, 2.05) is 12.1 Å². The highest BCUT2D eigenvalue weighted by molar-refractivity contribution is 5.97. The van der Waals surface area contributed by atoms with Crippen LogP contribution in [0.25, 0.3) is 22.4 Å². The van der Waals surface area contributed by atoms with E-state index in [9.17, 15) is 9.59 Å². The second-order valence-corrected chi connectivity index (χ2v) is 7.17. The van der Waals surface area contributed by atoms with Crippen LogP contribution in [0.1, 0.15) is 44.0 Å². The molecule has 1 saturated heterocycles. The molecule has 0 spiro atoms. The van der Waals surface area contributed by atoms with Gasteiger partial charge in [0, 0.05) is 29.9 Å². The summed E-state index contributed by atoms with van der Waals surface area (Å²) in [6, 6.07) is 8.13. The quantitative estimate of drug-likeness (QED) is 0.693. The number of hydrogen-bond donors (Lipinski definition) is 1. The fourth-order valence-electron chi connectivity index (χ4n) is 3.86. The zero-order valence-corrected chi connectivity index (χ0v) is 16.2. The van der Waals surface area contributed by atoms with Gasteiger partial charge in [-0.15, -0.1) is 0 Å². The lowest BCUT2D eigenvalue weighted by Gasteiger charge is -2.23. The van der Waals surface area contributed by atoms with E-state index in [1.54, 1.807) is 13.0 Å². The summed E-state index contributed by atoms with van der Waals surface area (Å²) in [5.74, 6) is -0.641. The lowest BCUT2D eigenvalue weighted by molar-refractivity contribution is 0.0525. The van der Waals surface area contributed by atoms with Gasteiger partial charge in [0.25, 0.3) is 6.01 Å². The van der Waals surface area contributed by atoms with E-state index in [1.165, 1.54) is 12.3 Å². The summed E-state index contributed by atoms with van der Waals surface area (Å²) >= 11 is 0. The van der Waals surface area contributed by atoms with Crippen molar-refractivity contribution in [3.8, 4) is 11.3 Å². The molecule has 7 heteroatoms. The first-order valence-corrected chi connectivity index (χ1v) is 9.57. The molecule has 146 valence electrons. The monoisotopic (exact) mass is 381 g/mol. The van der Waals surface area contributed by atoms with Crippen molar-refractivity contribution < 1.29 is 13.9 Å². The van der Waals surface area contributed by atoms with E-state index < -0.39 is 5.97 Å². The van der Waals surface area contributed by atoms with Crippen LogP contribution < -0.4 is 10.3 Å². The number of hydrogen-bond acceptors (Lipinski definition) is 6. The Morgan fingerprint density at radius 2 is 2.04 bits per heavy atom. The molecule has 2 atom stereocenters. The number of nitrogens with zero attached hydrogens (tertiary/aromatic N) is 2. The van der Waals surface area contributed by atoms with Gasteiger partial charge in [0.1, 0.15) is 11.1 Å². The molecule has 1 aliphatic rings. The van der Waals surface area contributed by atoms with Crippen LogP contribution in [0, 0.1) is 0 Å². The largest absolute Gasteiger partial charge is 0.462 e. The van der Waals surface area contributed by atoms with Crippen LogP contribution in [0.2, 0.25) is 0 Å². The molecular formula is C21H23N3O4. The van der Waals surface area contributed by atoms with E-state index in [2.05, 4.69) is 28.7 Å². The van der Waals surface area contributed by atoms with Crippen LogP contribution in [0.15, 0.2) is 39.7 Å². The molecule has 1 N–H and O–H groups in total. The minimum Gasteiger partial charge on any atom is -0.462 e. The number of fused-ring (bicyclic) bond motifs is 1. The molecule has 0 radical (unpaired) electrons. The number of aromatic nitrogens is 2. The number of H-pyrrole nitrogens is 1. The zero-order valence-electron chi connectivity index (χ0n) is 16.2. The maximum Gasteiger partial charge on any atom is 0.344 e. The molecular weight excluding hydrogens is 358 g/mol. The number of oxazole rings is 1. The van der Waals surface area contributed by atoms with Crippen LogP contribution in [-0.4, -0.2) is 34.6 Å². The maximum absolute atomic E-state index is 12.3. The number of esters is 1. The van der Waals surface area contributed by atoms with Gasteiger partial charge in [-0.1, -0.05) is 6.07 Å². The van der Waals surface area contributed by atoms with E-state index in [0.717, 1.165) is 18.4 Å². The van der Waals surface area contributed by atoms with Gasteiger partial charge in [0.05, 0.1) is 12.3 Å². The summed E-state index contributed by atoms with van der Waals surface area (Å²) in [5, 5.41) is 0. The third kappa shape index (κ3) is 3.06. The molecule has 1 fully saturated rings. The molecule has 2 aromatic heterocycles. The second-order valence-electron chi connectivity index (χ2n) is 7.17. The number of carbonyl (C=O) groups excluding carboxylic acids is 1. The maximum atomic E-state index is 12.3. The number of nitrogens with one attached hydrogen (secondary N) is 1. The van der Waals surface area contributed by atoms with Crippen molar-refractivity contribution in [2.24, 2.45) is 0 Å². The van der Waals surface area contributed by atoms with E-state index >= 15 is 0 Å². The summed E-state index contributed by atoms with van der Waals surface area (Å²) in [6.45, 7) is 6.24. The highest BCUT2D eigenvalue weighted by Gasteiger charge is 2.31. The lowest BCUT2D eigenvalue weighted by atomic mass is 10.1. The van der Waals surface area contributed by atoms with Crippen LogP contribution in [0.3, 0.4) is 0 Å². The van der Waals surface area contributed by atoms with Gasteiger partial charge in [-0.25, -0.2) is 4.79 Å². The highest BCUT2D eigenvalue weighted by atomic mass is 16.5. The molecule has 0 saturated carbocycles. The van der Waals surface area contributed by atoms with Crippen molar-refractivity contribution >= 4 is 23.1 Å².